The molecule has 0 unspecified atom stereocenters. The van der Waals surface area contributed by atoms with Crippen molar-refractivity contribution in [3.63, 3.8) is 0 Å². The third-order valence-corrected chi connectivity index (χ3v) is 2.51. The van der Waals surface area contributed by atoms with E-state index in [1.165, 1.54) is 19.2 Å². The highest BCUT2D eigenvalue weighted by molar-refractivity contribution is 6.04. The molecule has 1 heterocycles. The molecule has 0 saturated carbocycles. The zero-order valence-electron chi connectivity index (χ0n) is 10.3. The molecule has 0 saturated heterocycles. The molecule has 0 aliphatic heterocycles. The van der Waals surface area contributed by atoms with Crippen molar-refractivity contribution in [2.24, 2.45) is 0 Å². The van der Waals surface area contributed by atoms with Crippen LogP contribution in [-0.4, -0.2) is 18.0 Å². The summed E-state index contributed by atoms with van der Waals surface area (Å²) in [6.07, 6.45) is 0.940. The molecule has 0 radical (unpaired) electrons. The van der Waals surface area contributed by atoms with Crippen LogP contribution in [0.4, 0.5) is 18.9 Å². The lowest BCUT2D eigenvalue weighted by Gasteiger charge is -2.08. The number of benzene rings is 1. The number of hydrogen-bond acceptors (Lipinski definition) is 3. The molecule has 0 atom stereocenters. The van der Waals surface area contributed by atoms with Gasteiger partial charge in [-0.15, -0.1) is 0 Å². The molecule has 0 fully saturated rings. The molecule has 0 aliphatic rings. The van der Waals surface area contributed by atoms with Gasteiger partial charge in [-0.3, -0.25) is 4.79 Å². The molecule has 1 amide bonds. The fourth-order valence-electron chi connectivity index (χ4n) is 1.51. The fourth-order valence-corrected chi connectivity index (χ4v) is 1.51. The van der Waals surface area contributed by atoms with Gasteiger partial charge in [0, 0.05) is 12.3 Å². The summed E-state index contributed by atoms with van der Waals surface area (Å²) in [5.74, 6) is -4.20. The molecular formula is C13H9F3N2O2. The standard InChI is InChI=1S/C13H9F3N2O2/c1-20-7-2-3-9(14)10(6-7)18-13(19)8-4-5-17-12(16)11(8)15/h2-6H,1H3,(H,18,19). The van der Waals surface area contributed by atoms with Crippen LogP contribution in [0.25, 0.3) is 0 Å². The molecular weight excluding hydrogens is 273 g/mol. The minimum Gasteiger partial charge on any atom is -0.497 e. The normalized spacial score (nSPS) is 10.2. The predicted molar refractivity (Wildman–Crippen MR) is 65.1 cm³/mol. The fraction of sp³-hybridized carbons (Fsp3) is 0.0769. The number of nitrogens with zero attached hydrogens (tertiary/aromatic N) is 1. The highest BCUT2D eigenvalue weighted by Crippen LogP contribution is 2.22. The Bertz CT molecular complexity index is 662. The smallest absolute Gasteiger partial charge is 0.258 e. The second-order valence-corrected chi connectivity index (χ2v) is 3.76. The van der Waals surface area contributed by atoms with Crippen LogP contribution in [0.1, 0.15) is 10.4 Å². The number of amides is 1. The SMILES string of the molecule is COc1ccc(F)c(NC(=O)c2ccnc(F)c2F)c1. The number of pyridine rings is 1. The van der Waals surface area contributed by atoms with E-state index in [9.17, 15) is 18.0 Å². The van der Waals surface area contributed by atoms with E-state index >= 15 is 0 Å². The second kappa shape index (κ2) is 5.60. The highest BCUT2D eigenvalue weighted by Gasteiger charge is 2.17. The van der Waals surface area contributed by atoms with Gasteiger partial charge in [-0.2, -0.15) is 4.39 Å². The Morgan fingerprint density at radius 3 is 2.70 bits per heavy atom. The van der Waals surface area contributed by atoms with Gasteiger partial charge in [-0.1, -0.05) is 0 Å². The highest BCUT2D eigenvalue weighted by atomic mass is 19.2. The van der Waals surface area contributed by atoms with Crippen molar-refractivity contribution in [1.82, 2.24) is 4.98 Å². The van der Waals surface area contributed by atoms with E-state index in [1.807, 2.05) is 0 Å². The van der Waals surface area contributed by atoms with E-state index in [4.69, 9.17) is 4.74 Å². The van der Waals surface area contributed by atoms with Gasteiger partial charge in [-0.05, 0) is 18.2 Å². The van der Waals surface area contributed by atoms with Crippen LogP contribution in [-0.2, 0) is 0 Å². The van der Waals surface area contributed by atoms with E-state index in [2.05, 4.69) is 10.3 Å². The summed E-state index contributed by atoms with van der Waals surface area (Å²) < 4.78 is 44.7. The van der Waals surface area contributed by atoms with Crippen molar-refractivity contribution in [3.05, 3.63) is 53.6 Å². The zero-order valence-corrected chi connectivity index (χ0v) is 10.3. The molecule has 20 heavy (non-hydrogen) atoms. The molecule has 4 nitrogen and oxygen atoms in total. The summed E-state index contributed by atoms with van der Waals surface area (Å²) in [4.78, 5) is 14.8. The minimum absolute atomic E-state index is 0.203. The number of methoxy groups -OCH3 is 1. The van der Waals surface area contributed by atoms with Crippen molar-refractivity contribution < 1.29 is 22.7 Å². The van der Waals surface area contributed by atoms with Crippen LogP contribution in [0.5, 0.6) is 5.75 Å². The van der Waals surface area contributed by atoms with E-state index < -0.39 is 29.1 Å². The first-order valence-corrected chi connectivity index (χ1v) is 5.48. The maximum absolute atomic E-state index is 13.5. The molecule has 1 aromatic carbocycles. The summed E-state index contributed by atoms with van der Waals surface area (Å²) in [5, 5.41) is 2.14. The lowest BCUT2D eigenvalue weighted by molar-refractivity contribution is 0.102. The summed E-state index contributed by atoms with van der Waals surface area (Å²) in [6, 6.07) is 4.66. The molecule has 2 aromatic rings. The van der Waals surface area contributed by atoms with Crippen molar-refractivity contribution in [2.75, 3.05) is 12.4 Å². The number of nitrogens with one attached hydrogen (secondary N) is 1. The lowest BCUT2D eigenvalue weighted by Crippen LogP contribution is -2.16. The van der Waals surface area contributed by atoms with Gasteiger partial charge in [0.15, 0.2) is 5.82 Å². The van der Waals surface area contributed by atoms with Gasteiger partial charge in [0.25, 0.3) is 5.91 Å². The van der Waals surface area contributed by atoms with Crippen LogP contribution in [0.15, 0.2) is 30.5 Å². The average molecular weight is 282 g/mol. The first-order valence-electron chi connectivity index (χ1n) is 5.48. The number of hydrogen-bond donors (Lipinski definition) is 1. The van der Waals surface area contributed by atoms with Gasteiger partial charge in [0.2, 0.25) is 5.95 Å². The second-order valence-electron chi connectivity index (χ2n) is 3.76. The van der Waals surface area contributed by atoms with E-state index in [0.717, 1.165) is 18.3 Å². The molecule has 0 bridgehead atoms. The Morgan fingerprint density at radius 2 is 2.00 bits per heavy atom. The Kier molecular flexibility index (Phi) is 3.88. The first-order chi connectivity index (χ1) is 9.52. The average Bonchev–Trinajstić information content (AvgIpc) is 2.44. The van der Waals surface area contributed by atoms with Crippen LogP contribution < -0.4 is 10.1 Å². The molecule has 1 aromatic heterocycles. The molecule has 104 valence electrons. The monoisotopic (exact) mass is 282 g/mol. The van der Waals surface area contributed by atoms with Crippen molar-refractivity contribution >= 4 is 11.6 Å². The predicted octanol–water partition coefficient (Wildman–Crippen LogP) is 2.76. The molecule has 0 aliphatic carbocycles. The van der Waals surface area contributed by atoms with Crippen LogP contribution in [0, 0.1) is 17.6 Å². The van der Waals surface area contributed by atoms with Gasteiger partial charge in [0.1, 0.15) is 11.6 Å². The summed E-state index contributed by atoms with van der Waals surface area (Å²) in [7, 11) is 1.37. The third-order valence-electron chi connectivity index (χ3n) is 2.51. The van der Waals surface area contributed by atoms with E-state index in [1.54, 1.807) is 0 Å². The number of anilines is 1. The summed E-state index contributed by atoms with van der Waals surface area (Å²) in [6.45, 7) is 0. The van der Waals surface area contributed by atoms with E-state index in [0.29, 0.717) is 5.75 Å². The molecule has 2 rings (SSSR count). The van der Waals surface area contributed by atoms with Gasteiger partial charge in [0.05, 0.1) is 18.4 Å². The number of carbonyl (C=O) groups is 1. The van der Waals surface area contributed by atoms with Crippen LogP contribution in [0.3, 0.4) is 0 Å². The topological polar surface area (TPSA) is 51.2 Å². The lowest BCUT2D eigenvalue weighted by atomic mass is 10.2. The van der Waals surface area contributed by atoms with Gasteiger partial charge in [-0.25, -0.2) is 13.8 Å². The van der Waals surface area contributed by atoms with Gasteiger partial charge < -0.3 is 10.1 Å². The largest absolute Gasteiger partial charge is 0.497 e. The number of rotatable bonds is 3. The number of ether oxygens (including phenoxy) is 1. The van der Waals surface area contributed by atoms with Crippen LogP contribution in [0.2, 0.25) is 0 Å². The molecule has 1 N–H and O–H groups in total. The maximum Gasteiger partial charge on any atom is 0.258 e. The van der Waals surface area contributed by atoms with Crippen molar-refractivity contribution in [3.8, 4) is 5.75 Å². The quantitative estimate of drug-likeness (QED) is 0.881. The molecule has 7 heteroatoms. The van der Waals surface area contributed by atoms with Gasteiger partial charge >= 0.3 is 0 Å². The number of halogens is 3. The Labute approximate surface area is 112 Å². The third kappa shape index (κ3) is 2.71. The molecule has 0 spiro atoms. The summed E-state index contributed by atoms with van der Waals surface area (Å²) >= 11 is 0. The maximum atomic E-state index is 13.5. The Hall–Kier alpha value is -2.57. The van der Waals surface area contributed by atoms with E-state index in [-0.39, 0.29) is 5.69 Å². The zero-order chi connectivity index (χ0) is 14.7. The summed E-state index contributed by atoms with van der Waals surface area (Å²) in [5.41, 5.74) is -0.773. The minimum atomic E-state index is -1.40. The Morgan fingerprint density at radius 1 is 1.25 bits per heavy atom. The Balaban J connectivity index is 2.30. The number of aromatic nitrogens is 1. The first kappa shape index (κ1) is 13.9. The number of carbonyl (C=O) groups excluding carboxylic acids is 1. The van der Waals surface area contributed by atoms with Crippen molar-refractivity contribution in [1.29, 1.82) is 0 Å². The van der Waals surface area contributed by atoms with Crippen molar-refractivity contribution in [2.45, 2.75) is 0 Å². The van der Waals surface area contributed by atoms with Crippen LogP contribution >= 0.6 is 0 Å².